The predicted octanol–water partition coefficient (Wildman–Crippen LogP) is 8.34. The third-order valence-electron chi connectivity index (χ3n) is 5.17. The van der Waals surface area contributed by atoms with E-state index < -0.39 is 0 Å². The maximum Gasteiger partial charge on any atom is 0.207 e. The van der Waals surface area contributed by atoms with Gasteiger partial charge in [0.1, 0.15) is 0 Å². The third-order valence-corrected chi connectivity index (χ3v) is 7.31. The van der Waals surface area contributed by atoms with E-state index in [-0.39, 0.29) is 6.04 Å². The summed E-state index contributed by atoms with van der Waals surface area (Å²) in [5.41, 5.74) is 5.37. The Hall–Kier alpha value is -1.99. The smallest absolute Gasteiger partial charge is 0.207 e. The van der Waals surface area contributed by atoms with Crippen LogP contribution >= 0.6 is 54.8 Å². The van der Waals surface area contributed by atoms with E-state index in [1.54, 1.807) is 11.3 Å². The summed E-state index contributed by atoms with van der Waals surface area (Å²) < 4.78 is 2.12. The van der Waals surface area contributed by atoms with Crippen LogP contribution in [0, 0.1) is 0 Å². The number of hydrogen-bond donors (Lipinski definition) is 0. The summed E-state index contributed by atoms with van der Waals surface area (Å²) in [4.78, 5) is 4.91. The summed E-state index contributed by atoms with van der Waals surface area (Å²) in [6.45, 7) is 0. The Kier molecular flexibility index (Phi) is 5.97. The van der Waals surface area contributed by atoms with Gasteiger partial charge < -0.3 is 0 Å². The van der Waals surface area contributed by atoms with E-state index in [1.165, 1.54) is 5.56 Å². The zero-order valence-electron chi connectivity index (χ0n) is 16.2. The maximum absolute atomic E-state index is 6.04. The highest BCUT2D eigenvalue weighted by Crippen LogP contribution is 2.39. The van der Waals surface area contributed by atoms with Crippen LogP contribution in [0.5, 0.6) is 0 Å². The molecule has 0 bridgehead atoms. The number of benzene rings is 3. The van der Waals surface area contributed by atoms with Gasteiger partial charge in [0.2, 0.25) is 5.13 Å². The largest absolute Gasteiger partial charge is 0.231 e. The Morgan fingerprint density at radius 2 is 1.45 bits per heavy atom. The van der Waals surface area contributed by atoms with Crippen molar-refractivity contribution < 1.29 is 0 Å². The lowest BCUT2D eigenvalue weighted by Gasteiger charge is -2.21. The first-order valence-electron chi connectivity index (χ1n) is 9.66. The van der Waals surface area contributed by atoms with Gasteiger partial charge in [-0.15, -0.1) is 11.3 Å². The second kappa shape index (κ2) is 8.87. The van der Waals surface area contributed by atoms with Gasteiger partial charge in [-0.05, 0) is 47.5 Å². The lowest BCUT2D eigenvalue weighted by atomic mass is 9.99. The molecule has 0 saturated heterocycles. The van der Waals surface area contributed by atoms with Crippen molar-refractivity contribution in [3.05, 3.63) is 103 Å². The number of rotatable bonds is 4. The van der Waals surface area contributed by atoms with Crippen molar-refractivity contribution in [2.75, 3.05) is 5.01 Å². The molecule has 0 amide bonds. The summed E-state index contributed by atoms with van der Waals surface area (Å²) in [6.07, 6.45) is 0.819. The highest BCUT2D eigenvalue weighted by Gasteiger charge is 2.31. The molecular weight excluding hydrogens is 558 g/mol. The highest BCUT2D eigenvalue weighted by atomic mass is 79.9. The first kappa shape index (κ1) is 20.9. The average molecular weight is 574 g/mol. The molecule has 4 aromatic rings. The monoisotopic (exact) mass is 571 g/mol. The standard InChI is InChI=1S/C24H16Br2ClN3S/c25-18-7-1-15(2-8-18)21-13-23(17-3-9-19(26)10-4-17)30(29-21)24-28-22(14-31-24)16-5-11-20(27)12-6-16/h1-12,14,23H,13H2. The van der Waals surface area contributed by atoms with E-state index in [2.05, 4.69) is 90.8 Å². The van der Waals surface area contributed by atoms with Gasteiger partial charge in [-0.3, -0.25) is 0 Å². The van der Waals surface area contributed by atoms with Gasteiger partial charge in [-0.1, -0.05) is 79.9 Å². The van der Waals surface area contributed by atoms with Crippen LogP contribution in [-0.2, 0) is 0 Å². The van der Waals surface area contributed by atoms with Crippen LogP contribution in [0.15, 0.2) is 92.2 Å². The van der Waals surface area contributed by atoms with Crippen molar-refractivity contribution >= 4 is 65.6 Å². The average Bonchev–Trinajstić information content (AvgIpc) is 3.43. The molecule has 1 aliphatic rings. The Labute approximate surface area is 206 Å². The minimum Gasteiger partial charge on any atom is -0.231 e. The molecule has 1 atom stereocenters. The van der Waals surface area contributed by atoms with Gasteiger partial charge in [0, 0.05) is 31.3 Å². The molecule has 1 unspecified atom stereocenters. The molecule has 31 heavy (non-hydrogen) atoms. The van der Waals surface area contributed by atoms with Gasteiger partial charge in [-0.25, -0.2) is 9.99 Å². The third kappa shape index (κ3) is 4.48. The van der Waals surface area contributed by atoms with E-state index in [1.807, 2.05) is 24.3 Å². The van der Waals surface area contributed by atoms with Gasteiger partial charge in [-0.2, -0.15) is 5.10 Å². The van der Waals surface area contributed by atoms with Crippen molar-refractivity contribution in [3.8, 4) is 11.3 Å². The molecule has 0 saturated carbocycles. The lowest BCUT2D eigenvalue weighted by molar-refractivity contribution is 0.706. The fourth-order valence-corrected chi connectivity index (χ4v) is 5.06. The van der Waals surface area contributed by atoms with E-state index in [0.29, 0.717) is 0 Å². The number of thiazole rings is 1. The Bertz CT molecular complexity index is 1240. The molecule has 0 aliphatic carbocycles. The second-order valence-corrected chi connectivity index (χ2v) is 10.3. The van der Waals surface area contributed by atoms with Crippen LogP contribution < -0.4 is 5.01 Å². The fraction of sp³-hybridized carbons (Fsp3) is 0.0833. The van der Waals surface area contributed by atoms with Crippen LogP contribution in [0.25, 0.3) is 11.3 Å². The molecule has 0 N–H and O–H groups in total. The van der Waals surface area contributed by atoms with Crippen molar-refractivity contribution in [1.82, 2.24) is 4.98 Å². The molecule has 0 radical (unpaired) electrons. The van der Waals surface area contributed by atoms with Crippen molar-refractivity contribution in [3.63, 3.8) is 0 Å². The zero-order valence-corrected chi connectivity index (χ0v) is 20.9. The number of nitrogens with zero attached hydrogens (tertiary/aromatic N) is 3. The molecule has 154 valence electrons. The number of hydrogen-bond acceptors (Lipinski definition) is 4. The number of halogens is 3. The molecule has 1 aromatic heterocycles. The van der Waals surface area contributed by atoms with Gasteiger partial charge in [0.15, 0.2) is 0 Å². The number of aromatic nitrogens is 1. The lowest BCUT2D eigenvalue weighted by Crippen LogP contribution is -2.18. The zero-order chi connectivity index (χ0) is 21.4. The topological polar surface area (TPSA) is 28.5 Å². The first-order valence-corrected chi connectivity index (χ1v) is 12.5. The summed E-state index contributed by atoms with van der Waals surface area (Å²) in [7, 11) is 0. The summed E-state index contributed by atoms with van der Waals surface area (Å²) in [5, 5.41) is 10.7. The normalized spacial score (nSPS) is 15.9. The minimum atomic E-state index is 0.0935. The summed E-state index contributed by atoms with van der Waals surface area (Å²) in [6, 6.07) is 24.6. The van der Waals surface area contributed by atoms with Crippen LogP contribution in [0.3, 0.4) is 0 Å². The SMILES string of the molecule is Clc1ccc(-c2csc(N3N=C(c4ccc(Br)cc4)CC3c3ccc(Br)cc3)n2)cc1. The molecule has 3 aromatic carbocycles. The molecule has 0 fully saturated rings. The first-order chi connectivity index (χ1) is 15.1. The highest BCUT2D eigenvalue weighted by molar-refractivity contribution is 9.10. The minimum absolute atomic E-state index is 0.0935. The fourth-order valence-electron chi connectivity index (χ4n) is 3.57. The molecule has 7 heteroatoms. The van der Waals surface area contributed by atoms with Crippen LogP contribution in [0.2, 0.25) is 5.02 Å². The number of anilines is 1. The number of hydrazone groups is 1. The molecule has 0 spiro atoms. The second-order valence-electron chi connectivity index (χ2n) is 7.19. The van der Waals surface area contributed by atoms with Crippen LogP contribution in [-0.4, -0.2) is 10.7 Å². The molecule has 2 heterocycles. The molecule has 5 rings (SSSR count). The molecular formula is C24H16Br2ClN3S. The van der Waals surface area contributed by atoms with E-state index in [4.69, 9.17) is 21.7 Å². The maximum atomic E-state index is 6.04. The van der Waals surface area contributed by atoms with E-state index in [0.717, 1.165) is 48.1 Å². The molecule has 1 aliphatic heterocycles. The van der Waals surface area contributed by atoms with Crippen molar-refractivity contribution in [1.29, 1.82) is 0 Å². The van der Waals surface area contributed by atoms with Crippen molar-refractivity contribution in [2.45, 2.75) is 12.5 Å². The van der Waals surface area contributed by atoms with E-state index >= 15 is 0 Å². The van der Waals surface area contributed by atoms with Crippen LogP contribution in [0.4, 0.5) is 5.13 Å². The predicted molar refractivity (Wildman–Crippen MR) is 137 cm³/mol. The van der Waals surface area contributed by atoms with E-state index in [9.17, 15) is 0 Å². The van der Waals surface area contributed by atoms with Crippen molar-refractivity contribution in [2.24, 2.45) is 5.10 Å². The molecule has 3 nitrogen and oxygen atoms in total. The Morgan fingerprint density at radius 3 is 2.13 bits per heavy atom. The Balaban J connectivity index is 1.52. The van der Waals surface area contributed by atoms with Gasteiger partial charge in [0.05, 0.1) is 17.4 Å². The van der Waals surface area contributed by atoms with Crippen LogP contribution in [0.1, 0.15) is 23.6 Å². The quantitative estimate of drug-likeness (QED) is 0.246. The summed E-state index contributed by atoms with van der Waals surface area (Å²) in [5.74, 6) is 0. The Morgan fingerprint density at radius 1 is 0.839 bits per heavy atom. The van der Waals surface area contributed by atoms with Gasteiger partial charge >= 0.3 is 0 Å². The summed E-state index contributed by atoms with van der Waals surface area (Å²) >= 11 is 14.7. The van der Waals surface area contributed by atoms with Gasteiger partial charge in [0.25, 0.3) is 0 Å².